The molecule has 0 unspecified atom stereocenters. The van der Waals surface area contributed by atoms with E-state index in [1.54, 1.807) is 24.3 Å². The lowest BCUT2D eigenvalue weighted by molar-refractivity contribution is -0.121. The Kier molecular flexibility index (Phi) is 8.00. The smallest absolute Gasteiger partial charge is 0.228 e. The van der Waals surface area contributed by atoms with Crippen molar-refractivity contribution in [1.29, 1.82) is 0 Å². The number of alkyl halides is 3. The van der Waals surface area contributed by atoms with Crippen LogP contribution in [0.4, 0.5) is 5.69 Å². The highest BCUT2D eigenvalue weighted by molar-refractivity contribution is 7.80. The molecule has 0 saturated carbocycles. The Morgan fingerprint density at radius 1 is 1.23 bits per heavy atom. The van der Waals surface area contributed by atoms with Gasteiger partial charge in [-0.3, -0.25) is 4.79 Å². The van der Waals surface area contributed by atoms with Crippen molar-refractivity contribution in [1.82, 2.24) is 10.6 Å². The molecule has 0 aliphatic carbocycles. The second-order valence-corrected chi connectivity index (χ2v) is 7.61. The monoisotopic (exact) mass is 401 g/mol. The van der Waals surface area contributed by atoms with Crippen molar-refractivity contribution in [3.63, 3.8) is 0 Å². The van der Waals surface area contributed by atoms with Gasteiger partial charge in [-0.2, -0.15) is 0 Å². The van der Waals surface area contributed by atoms with E-state index in [-0.39, 0.29) is 11.0 Å². The number of hydrogen-bond acceptors (Lipinski definition) is 2. The number of benzene rings is 1. The van der Waals surface area contributed by atoms with Gasteiger partial charge in [0.15, 0.2) is 5.11 Å². The lowest BCUT2D eigenvalue weighted by Gasteiger charge is -2.27. The predicted octanol–water partition coefficient (Wildman–Crippen LogP) is 4.24. The van der Waals surface area contributed by atoms with Gasteiger partial charge in [0.2, 0.25) is 9.70 Å². The molecule has 0 aliphatic heterocycles. The SMILES string of the molecule is CCCC(=O)N[C@H](NC(=S)Nc1ccc(Cl)cc1)C(Cl)(Cl)Cl. The standard InChI is InChI=1S/C13H15Cl4N3OS/c1-2-3-10(21)19-11(13(15,16)17)20-12(22)18-9-6-4-8(14)5-7-9/h4-7,11H,2-3H2,1H3,(H,19,21)(H2,18,20,22)/t11-/m1/s1. The first-order valence-electron chi connectivity index (χ1n) is 6.41. The molecule has 22 heavy (non-hydrogen) atoms. The van der Waals surface area contributed by atoms with E-state index >= 15 is 0 Å². The normalized spacial score (nSPS) is 12.4. The molecule has 0 radical (unpaired) electrons. The van der Waals surface area contributed by atoms with Crippen LogP contribution in [0.15, 0.2) is 24.3 Å². The molecule has 0 heterocycles. The Bertz CT molecular complexity index is 519. The van der Waals surface area contributed by atoms with Crippen molar-refractivity contribution < 1.29 is 4.79 Å². The van der Waals surface area contributed by atoms with Gasteiger partial charge >= 0.3 is 0 Å². The third kappa shape index (κ3) is 7.20. The maximum absolute atomic E-state index is 11.7. The second kappa shape index (κ2) is 8.99. The highest BCUT2D eigenvalue weighted by atomic mass is 35.6. The minimum atomic E-state index is -1.75. The van der Waals surface area contributed by atoms with Crippen LogP contribution in [0, 0.1) is 0 Å². The molecule has 0 fully saturated rings. The summed E-state index contributed by atoms with van der Waals surface area (Å²) in [6.45, 7) is 1.88. The summed E-state index contributed by atoms with van der Waals surface area (Å²) in [5, 5.41) is 9.08. The van der Waals surface area contributed by atoms with Crippen molar-refractivity contribution in [2.24, 2.45) is 0 Å². The average Bonchev–Trinajstić information content (AvgIpc) is 2.40. The zero-order valence-electron chi connectivity index (χ0n) is 11.6. The number of nitrogens with one attached hydrogen (secondary N) is 3. The number of thiocarbonyl (C=S) groups is 1. The van der Waals surface area contributed by atoms with E-state index in [0.717, 1.165) is 0 Å². The Hall–Kier alpha value is -0.460. The van der Waals surface area contributed by atoms with Crippen LogP contribution in [0.25, 0.3) is 0 Å². The van der Waals surface area contributed by atoms with Gasteiger partial charge in [-0.05, 0) is 42.9 Å². The van der Waals surface area contributed by atoms with Crippen LogP contribution in [-0.4, -0.2) is 21.0 Å². The van der Waals surface area contributed by atoms with Gasteiger partial charge in [0.05, 0.1) is 0 Å². The van der Waals surface area contributed by atoms with Crippen LogP contribution < -0.4 is 16.0 Å². The molecule has 1 rings (SSSR count). The van der Waals surface area contributed by atoms with Crippen LogP contribution >= 0.6 is 58.6 Å². The van der Waals surface area contributed by atoms with Crippen molar-refractivity contribution in [3.8, 4) is 0 Å². The third-order valence-corrected chi connectivity index (χ3v) is 3.61. The molecule has 1 amide bonds. The molecule has 1 atom stereocenters. The highest BCUT2D eigenvalue weighted by Gasteiger charge is 2.34. The maximum atomic E-state index is 11.7. The lowest BCUT2D eigenvalue weighted by Crippen LogP contribution is -2.56. The third-order valence-electron chi connectivity index (χ3n) is 2.49. The zero-order chi connectivity index (χ0) is 16.8. The van der Waals surface area contributed by atoms with E-state index in [0.29, 0.717) is 23.6 Å². The van der Waals surface area contributed by atoms with Crippen LogP contribution in [-0.2, 0) is 4.79 Å². The number of amides is 1. The number of halogens is 4. The van der Waals surface area contributed by atoms with E-state index in [1.165, 1.54) is 0 Å². The average molecular weight is 403 g/mol. The summed E-state index contributed by atoms with van der Waals surface area (Å²) < 4.78 is -1.75. The number of rotatable bonds is 5. The lowest BCUT2D eigenvalue weighted by atomic mass is 10.3. The van der Waals surface area contributed by atoms with E-state index in [2.05, 4.69) is 16.0 Å². The van der Waals surface area contributed by atoms with E-state index in [4.69, 9.17) is 58.6 Å². The summed E-state index contributed by atoms with van der Waals surface area (Å²) in [5.41, 5.74) is 0.713. The molecule has 122 valence electrons. The quantitative estimate of drug-likeness (QED) is 0.391. The fraction of sp³-hybridized carbons (Fsp3) is 0.385. The first kappa shape index (κ1) is 19.6. The van der Waals surface area contributed by atoms with Crippen molar-refractivity contribution in [2.75, 3.05) is 5.32 Å². The van der Waals surface area contributed by atoms with Crippen LogP contribution in [0.3, 0.4) is 0 Å². The molecule has 0 aromatic heterocycles. The Morgan fingerprint density at radius 2 is 1.82 bits per heavy atom. The number of hydrogen-bond donors (Lipinski definition) is 3. The molecule has 0 spiro atoms. The summed E-state index contributed by atoms with van der Waals surface area (Å²) >= 11 is 28.5. The number of carbonyl (C=O) groups is 1. The fourth-order valence-electron chi connectivity index (χ4n) is 1.49. The number of anilines is 1. The maximum Gasteiger partial charge on any atom is 0.228 e. The summed E-state index contributed by atoms with van der Waals surface area (Å²) in [6.07, 6.45) is 0.0613. The first-order chi connectivity index (χ1) is 10.2. The van der Waals surface area contributed by atoms with Gasteiger partial charge < -0.3 is 16.0 Å². The highest BCUT2D eigenvalue weighted by Crippen LogP contribution is 2.29. The molecular formula is C13H15Cl4N3OS. The minimum Gasteiger partial charge on any atom is -0.339 e. The van der Waals surface area contributed by atoms with Crippen molar-refractivity contribution >= 4 is 75.3 Å². The van der Waals surface area contributed by atoms with Crippen LogP contribution in [0.5, 0.6) is 0 Å². The molecule has 4 nitrogen and oxygen atoms in total. The number of carbonyl (C=O) groups excluding carboxylic acids is 1. The van der Waals surface area contributed by atoms with Gasteiger partial charge in [-0.25, -0.2) is 0 Å². The topological polar surface area (TPSA) is 53.2 Å². The second-order valence-electron chi connectivity index (χ2n) is 4.40. The molecule has 1 aromatic rings. The summed E-state index contributed by atoms with van der Waals surface area (Å²) in [5.74, 6) is -0.236. The van der Waals surface area contributed by atoms with Crippen molar-refractivity contribution in [3.05, 3.63) is 29.3 Å². The molecule has 1 aromatic carbocycles. The van der Waals surface area contributed by atoms with Gasteiger partial charge in [0.25, 0.3) is 0 Å². The van der Waals surface area contributed by atoms with E-state index in [1.807, 2.05) is 6.92 Å². The Balaban J connectivity index is 2.66. The van der Waals surface area contributed by atoms with Gasteiger partial charge in [0.1, 0.15) is 6.17 Å². The largest absolute Gasteiger partial charge is 0.339 e. The Labute approximate surface area is 154 Å². The van der Waals surface area contributed by atoms with Crippen LogP contribution in [0.2, 0.25) is 5.02 Å². The minimum absolute atomic E-state index is 0.204. The summed E-state index contributed by atoms with van der Waals surface area (Å²) in [7, 11) is 0. The molecule has 9 heteroatoms. The molecule has 0 bridgehead atoms. The predicted molar refractivity (Wildman–Crippen MR) is 97.9 cm³/mol. The molecular weight excluding hydrogens is 388 g/mol. The van der Waals surface area contributed by atoms with Crippen LogP contribution in [0.1, 0.15) is 19.8 Å². The summed E-state index contributed by atoms with van der Waals surface area (Å²) in [6, 6.07) is 6.91. The first-order valence-corrected chi connectivity index (χ1v) is 8.33. The van der Waals surface area contributed by atoms with E-state index in [9.17, 15) is 4.79 Å². The summed E-state index contributed by atoms with van der Waals surface area (Å²) in [4.78, 5) is 11.7. The molecule has 3 N–H and O–H groups in total. The zero-order valence-corrected chi connectivity index (χ0v) is 15.5. The van der Waals surface area contributed by atoms with E-state index < -0.39 is 9.96 Å². The molecule has 0 aliphatic rings. The van der Waals surface area contributed by atoms with Crippen molar-refractivity contribution in [2.45, 2.75) is 29.7 Å². The fourth-order valence-corrected chi connectivity index (χ4v) is 2.18. The van der Waals surface area contributed by atoms with Gasteiger partial charge in [-0.1, -0.05) is 53.3 Å². The van der Waals surface area contributed by atoms with Gasteiger partial charge in [0, 0.05) is 17.1 Å². The molecule has 0 saturated heterocycles. The van der Waals surface area contributed by atoms with Gasteiger partial charge in [-0.15, -0.1) is 0 Å². The Morgan fingerprint density at radius 3 is 2.32 bits per heavy atom.